The second-order valence-electron chi connectivity index (χ2n) is 12.6. The van der Waals surface area contributed by atoms with Crippen LogP contribution in [0, 0.1) is 5.82 Å². The van der Waals surface area contributed by atoms with Gasteiger partial charge in [-0.2, -0.15) is 0 Å². The van der Waals surface area contributed by atoms with Crippen LogP contribution >= 0.6 is 11.6 Å². The predicted octanol–water partition coefficient (Wildman–Crippen LogP) is -5.59. The van der Waals surface area contributed by atoms with Gasteiger partial charge in [0.2, 0.25) is 0 Å². The number of nitrogens with one attached hydrogen (secondary N) is 1. The number of alkyl halides is 1. The number of hydrogen-bond acceptors (Lipinski definition) is 3. The predicted molar refractivity (Wildman–Crippen MR) is 169 cm³/mol. The first-order chi connectivity index (χ1) is 16.3. The Morgan fingerprint density at radius 2 is 1.75 bits per heavy atom. The van der Waals surface area contributed by atoms with Crippen molar-refractivity contribution in [3.63, 3.8) is 0 Å². The quantitative estimate of drug-likeness (QED) is 0.403. The number of benzene rings is 1. The summed E-state index contributed by atoms with van der Waals surface area (Å²) >= 11 is 5.92. The van der Waals surface area contributed by atoms with E-state index >= 15 is 4.39 Å². The molecule has 0 aliphatic carbocycles. The largest absolute Gasteiger partial charge is 0.349 e. The number of likely N-dealkylation sites (tertiary alicyclic amines) is 1. The van der Waals surface area contributed by atoms with E-state index in [0.29, 0.717) is 5.56 Å². The van der Waals surface area contributed by atoms with E-state index in [-0.39, 0.29) is 35.6 Å². The molecule has 4 nitrogen and oxygen atoms in total. The molecule has 36 heavy (non-hydrogen) atoms. The number of aromatic nitrogens is 1. The molecule has 0 saturated carbocycles. The van der Waals surface area contributed by atoms with Crippen molar-refractivity contribution < 1.29 is 13.6 Å². The van der Waals surface area contributed by atoms with Gasteiger partial charge in [0.15, 0.2) is 0 Å². The average molecular weight is 500 g/mol. The number of carbonyl (C=O) groups is 1. The van der Waals surface area contributed by atoms with Crippen LogP contribution < -0.4 is 5.32 Å². The Balaban J connectivity index is 1.81. The first-order valence-electron chi connectivity index (χ1n) is 12.5. The van der Waals surface area contributed by atoms with Gasteiger partial charge in [-0.1, -0.05) is 22.8 Å². The molecule has 3 rings (SSSR count). The Bertz CT molecular complexity index is 1150. The summed E-state index contributed by atoms with van der Waals surface area (Å²) in [5.41, 5.74) is 0.695. The lowest BCUT2D eigenvalue weighted by Gasteiger charge is -2.61. The van der Waals surface area contributed by atoms with Gasteiger partial charge in [-0.15, -0.1) is 0 Å². The van der Waals surface area contributed by atoms with Gasteiger partial charge in [-0.25, -0.2) is 8.78 Å². The van der Waals surface area contributed by atoms with Crippen LogP contribution in [0.25, 0.3) is 0 Å². The number of carbonyl (C=O) groups excluding carboxylic acids is 1. The van der Waals surface area contributed by atoms with Crippen LogP contribution in [0.5, 0.6) is 0 Å². The zero-order chi connectivity index (χ0) is 27.3. The van der Waals surface area contributed by atoms with Gasteiger partial charge < -0.3 is 10.2 Å². The van der Waals surface area contributed by atoms with Crippen molar-refractivity contribution >= 4 is 88.1 Å². The summed E-state index contributed by atoms with van der Waals surface area (Å²) in [6, 6.07) is 8.03. The average Bonchev–Trinajstić information content (AvgIpc) is 2.78. The highest BCUT2D eigenvalue weighted by molar-refractivity contribution is 6.59. The summed E-state index contributed by atoms with van der Waals surface area (Å²) in [6.07, 6.45) is 2.06. The van der Waals surface area contributed by atoms with E-state index in [1.165, 1.54) is 18.2 Å². The van der Waals surface area contributed by atoms with Crippen molar-refractivity contribution in [1.29, 1.82) is 0 Å². The maximum absolute atomic E-state index is 16.8. The molecule has 0 bridgehead atoms. The van der Waals surface area contributed by atoms with Gasteiger partial charge in [0.05, 0.1) is 28.6 Å². The van der Waals surface area contributed by atoms with Crippen LogP contribution in [0.2, 0.25) is 10.2 Å². The van der Waals surface area contributed by atoms with Gasteiger partial charge in [-0.3, -0.25) is 9.78 Å². The summed E-state index contributed by atoms with van der Waals surface area (Å²) in [5, 5.41) is 1.06. The van der Waals surface area contributed by atoms with Crippen molar-refractivity contribution in [2.45, 2.75) is 33.1 Å². The number of pyridine rings is 1. The molecule has 16 heteroatoms. The van der Waals surface area contributed by atoms with Gasteiger partial charge >= 0.3 is 0 Å². The third-order valence-corrected chi connectivity index (χ3v) is 8.84. The third-order valence-electron chi connectivity index (χ3n) is 8.55. The standard InChI is InChI=1S/C20H31B9ClF2N3O/c21-17(22,23)11-2-4-14(33-8-11)18(24,25)34-9-16(32)5-6-35(20(28,29)19(16,26)27)15(36)10-1-3-13(31)12(30)7-10/h1-4,7-8,34H,5-6,9,21-29H2. The second-order valence-corrected chi connectivity index (χ2v) is 13.1. The molecule has 1 aliphatic rings. The maximum atomic E-state index is 16.8. The molecule has 1 aromatic carbocycles. The Labute approximate surface area is 226 Å². The lowest BCUT2D eigenvalue weighted by molar-refractivity contribution is 0.0132. The molecule has 2 heterocycles. The zero-order valence-electron chi connectivity index (χ0n) is 23.0. The second kappa shape index (κ2) is 9.69. The molecule has 1 fully saturated rings. The molecule has 1 aromatic heterocycles. The lowest BCUT2D eigenvalue weighted by atomic mass is 9.27. The monoisotopic (exact) mass is 501 g/mol. The fourth-order valence-corrected chi connectivity index (χ4v) is 5.06. The zero-order valence-corrected chi connectivity index (χ0v) is 23.8. The van der Waals surface area contributed by atoms with Crippen molar-refractivity contribution in [2.75, 3.05) is 13.1 Å². The summed E-state index contributed by atoms with van der Waals surface area (Å²) in [7, 11) is 18.0. The van der Waals surface area contributed by atoms with Gasteiger partial charge in [0.25, 0.3) is 5.91 Å². The van der Waals surface area contributed by atoms with Crippen LogP contribution in [-0.2, 0) is 10.5 Å². The minimum Gasteiger partial charge on any atom is -0.349 e. The van der Waals surface area contributed by atoms with Gasteiger partial charge in [0.1, 0.15) is 58.6 Å². The van der Waals surface area contributed by atoms with E-state index in [9.17, 15) is 9.18 Å². The fourth-order valence-electron chi connectivity index (χ4n) is 4.88. The molecule has 180 valence electrons. The van der Waals surface area contributed by atoms with Crippen molar-refractivity contribution in [3.8, 4) is 0 Å². The van der Waals surface area contributed by atoms with Gasteiger partial charge in [-0.05, 0) is 52.1 Å². The smallest absolute Gasteiger partial charge is 0.253 e. The molecule has 1 aliphatic heterocycles. The van der Waals surface area contributed by atoms with Gasteiger partial charge in [0, 0.05) is 30.5 Å². The Kier molecular flexibility index (Phi) is 7.83. The van der Waals surface area contributed by atoms with E-state index in [2.05, 4.69) is 39.9 Å². The van der Waals surface area contributed by atoms with Crippen LogP contribution in [0.4, 0.5) is 8.78 Å². The molecular formula is C20H31B9ClF2N3O. The topological polar surface area (TPSA) is 45.2 Å². The molecule has 1 amide bonds. The van der Waals surface area contributed by atoms with E-state index in [1.54, 1.807) is 4.90 Å². The van der Waals surface area contributed by atoms with Crippen molar-refractivity contribution in [3.05, 3.63) is 64.2 Å². The summed E-state index contributed by atoms with van der Waals surface area (Å²) < 4.78 is 30.4. The molecule has 1 saturated heterocycles. The number of nitrogens with zero attached hydrogens (tertiary/aromatic N) is 2. The molecular weight excluding hydrogens is 469 g/mol. The van der Waals surface area contributed by atoms with E-state index in [4.69, 9.17) is 11.6 Å². The highest BCUT2D eigenvalue weighted by Gasteiger charge is 2.59. The summed E-state index contributed by atoms with van der Waals surface area (Å²) in [5.74, 6) is -0.862. The van der Waals surface area contributed by atoms with Crippen LogP contribution in [0.1, 0.15) is 28.0 Å². The van der Waals surface area contributed by atoms with E-state index in [0.717, 1.165) is 11.3 Å². The molecule has 1 N–H and O–H groups in total. The molecule has 2 aromatic rings. The minimum atomic E-state index is -1.59. The van der Waals surface area contributed by atoms with E-state index in [1.807, 2.05) is 59.3 Å². The highest BCUT2D eigenvalue weighted by atomic mass is 35.5. The normalized spacial score (nSPS) is 21.7. The van der Waals surface area contributed by atoms with Crippen molar-refractivity contribution in [2.24, 2.45) is 0 Å². The first-order valence-corrected chi connectivity index (χ1v) is 12.9. The molecule has 1 atom stereocenters. The maximum Gasteiger partial charge on any atom is 0.253 e. The number of amides is 1. The number of piperidine rings is 1. The van der Waals surface area contributed by atoms with E-state index < -0.39 is 27.4 Å². The number of halogens is 3. The number of hydrogen-bond donors (Lipinski definition) is 1. The summed E-state index contributed by atoms with van der Waals surface area (Å²) in [4.78, 5) is 19.7. The molecule has 1 unspecified atom stereocenters. The SMILES string of the molecule is BC(B)(B)c1ccc(C(B)(B)NCC2(F)CCN(C(=O)c3ccc(F)c(Cl)c3)C(B)(B)C2(B)B)nc1. The Hall–Kier alpha value is -1.47. The Morgan fingerprint density at radius 3 is 2.28 bits per heavy atom. The van der Waals surface area contributed by atoms with Crippen molar-refractivity contribution in [1.82, 2.24) is 15.2 Å². The first kappa shape index (κ1) is 29.1. The van der Waals surface area contributed by atoms with Crippen LogP contribution in [0.15, 0.2) is 36.5 Å². The lowest BCUT2D eigenvalue weighted by Crippen LogP contribution is -2.73. The number of rotatable bonds is 6. The minimum absolute atomic E-state index is 0.00631. The van der Waals surface area contributed by atoms with Crippen LogP contribution in [-0.4, -0.2) is 111 Å². The molecule has 0 spiro atoms. The van der Waals surface area contributed by atoms with Crippen LogP contribution in [0.3, 0.4) is 0 Å². The molecule has 0 radical (unpaired) electrons. The summed E-state index contributed by atoms with van der Waals surface area (Å²) in [6.45, 7) is 0.352. The third kappa shape index (κ3) is 5.25. The Morgan fingerprint density at radius 1 is 1.11 bits per heavy atom. The highest BCUT2D eigenvalue weighted by Crippen LogP contribution is 2.51. The fraction of sp³-hybridized carbons (Fsp3) is 0.400.